The van der Waals surface area contributed by atoms with Crippen LogP contribution in [0.2, 0.25) is 0 Å². The van der Waals surface area contributed by atoms with Gasteiger partial charge in [-0.05, 0) is 161 Å². The normalized spacial score (nSPS) is 9.80. The number of amides is 4. The summed E-state index contributed by atoms with van der Waals surface area (Å²) in [5.41, 5.74) is 9.38. The molecule has 0 bridgehead atoms. The van der Waals surface area contributed by atoms with Crippen LogP contribution in [0.15, 0.2) is 170 Å². The number of hydrogen-bond acceptors (Lipinski definition) is 15. The number of unbranched alkanes of at least 4 members (excludes halogenated alkanes) is 8. The van der Waals surface area contributed by atoms with Gasteiger partial charge in [-0.15, -0.1) is 0 Å². The molecule has 0 saturated carbocycles. The molecule has 22 heteroatoms. The molecule has 0 aromatic heterocycles. The molecule has 0 aliphatic rings. The van der Waals surface area contributed by atoms with E-state index in [1.165, 1.54) is 14.2 Å². The molecule has 0 radical (unpaired) electrons. The summed E-state index contributed by atoms with van der Waals surface area (Å²) in [6.07, 6.45) is 11.5. The van der Waals surface area contributed by atoms with Gasteiger partial charge in [0.25, 0.3) is 23.0 Å². The average Bonchev–Trinajstić information content (AvgIpc) is 1.15. The second-order valence-corrected chi connectivity index (χ2v) is 20.7. The van der Waals surface area contributed by atoms with Crippen LogP contribution in [0, 0.1) is 0 Å². The third-order valence-corrected chi connectivity index (χ3v) is 14.0. The van der Waals surface area contributed by atoms with E-state index in [-0.39, 0.29) is 73.8 Å². The number of carboxylic acid groups (broad SMARTS) is 1. The molecule has 20 nitrogen and oxygen atoms in total. The van der Waals surface area contributed by atoms with E-state index in [2.05, 4.69) is 31.3 Å². The Morgan fingerprint density at radius 1 is 0.409 bits per heavy atom. The van der Waals surface area contributed by atoms with E-state index in [4.69, 9.17) is 32.9 Å². The number of hydroxylamine groups is 1. The number of nitrogens with one attached hydrogen (secondary N) is 4. The fourth-order valence-corrected chi connectivity index (χ4v) is 8.92. The number of aliphatic carboxylic acids is 1. The van der Waals surface area contributed by atoms with Crippen molar-refractivity contribution in [2.45, 2.75) is 110 Å². The first kappa shape index (κ1) is 84.4. The Labute approximate surface area is 561 Å². The zero-order chi connectivity index (χ0) is 65.7. The summed E-state index contributed by atoms with van der Waals surface area (Å²) < 4.78 is 9.04. The molecule has 0 aliphatic carbocycles. The molecule has 0 heterocycles. The summed E-state index contributed by atoms with van der Waals surface area (Å²) in [5, 5.41) is 40.3. The summed E-state index contributed by atoms with van der Waals surface area (Å²) >= 11 is 5.36. The van der Waals surface area contributed by atoms with Gasteiger partial charge < -0.3 is 46.9 Å². The number of carbonyl (C=O) groups excluding carboxylic acids is 7. The molecule has 0 atom stereocenters. The molecule has 12 N–H and O–H groups in total. The van der Waals surface area contributed by atoms with Crippen molar-refractivity contribution < 1.29 is 87.7 Å². The summed E-state index contributed by atoms with van der Waals surface area (Å²) in [6, 6.07) is 54.1. The Kier molecular flexibility index (Phi) is 46.3. The van der Waals surface area contributed by atoms with Crippen molar-refractivity contribution >= 4 is 101 Å². The predicted octanol–water partition coefficient (Wildman–Crippen LogP) is 9.85. The van der Waals surface area contributed by atoms with E-state index in [0.717, 1.165) is 107 Å². The van der Waals surface area contributed by atoms with Gasteiger partial charge in [0, 0.05) is 67.6 Å². The van der Waals surface area contributed by atoms with Crippen LogP contribution in [-0.2, 0) is 28.7 Å². The number of halogens is 1. The van der Waals surface area contributed by atoms with Gasteiger partial charge in [-0.25, -0.2) is 11.4 Å². The van der Waals surface area contributed by atoms with Crippen LogP contribution in [-0.4, -0.2) is 108 Å². The molecule has 8 aromatic rings. The number of fused-ring (bicyclic) bond motifs is 4. The van der Waals surface area contributed by atoms with Crippen molar-refractivity contribution in [2.75, 3.05) is 40.4 Å². The molecule has 93 heavy (non-hydrogen) atoms. The molecule has 496 valence electrons. The van der Waals surface area contributed by atoms with Crippen molar-refractivity contribution in [3.05, 3.63) is 192 Å². The van der Waals surface area contributed by atoms with E-state index in [9.17, 15) is 38.4 Å². The molecule has 0 fully saturated rings. The smallest absolute Gasteiger partial charge is 0.870 e. The van der Waals surface area contributed by atoms with Crippen LogP contribution >= 0.6 is 11.6 Å². The quantitative estimate of drug-likeness (QED) is 0.00577. The Balaban J connectivity index is 0.00000115. The van der Waals surface area contributed by atoms with Crippen LogP contribution in [0.25, 0.3) is 43.1 Å². The number of hydrogen-bond donors (Lipinski definition) is 9. The number of nitrogens with two attached hydrogens (primary N) is 2. The summed E-state index contributed by atoms with van der Waals surface area (Å²) in [4.78, 5) is 89.7. The van der Waals surface area contributed by atoms with E-state index in [1.807, 2.05) is 158 Å². The number of esters is 2. The van der Waals surface area contributed by atoms with Gasteiger partial charge in [-0.3, -0.25) is 43.6 Å². The van der Waals surface area contributed by atoms with Crippen molar-refractivity contribution in [3.63, 3.8) is 0 Å². The fourth-order valence-electron chi connectivity index (χ4n) is 8.80. The van der Waals surface area contributed by atoms with Gasteiger partial charge >= 0.3 is 36.8 Å². The molecule has 0 aliphatic heterocycles. The number of rotatable bonds is 27. The number of carboxylic acids is 1. The third kappa shape index (κ3) is 34.6. The standard InChI is InChI=1S/C18H21NO3.C17H20N2O3.C17H19NO3.C11H7ClO.C7H15NO2.CH4.Li.H3NO.H2O/c1-22-17(20)9-3-2-6-12-19-18(21)16-11-10-14-7-4-5-8-15(14)13-16;20-16(19-22)8-2-1-5-11-18-17(21)15-10-9-13-6-3-4-7-14(13)12-15;19-16(20)8-2-1-5-11-18-17(21)15-10-9-13-6-3-4-7-14(13)12-15;12-11(13)10-6-5-8-3-1-2-4-9(8)7-10;1-10-7(9)5-3-2-4-6-8;;;1-2;/h4-5,7-8,10-11,13H,2-3,6,9,12H2,1H3,(H,19,21);3-4,6-7,9-10,12,22H,1-2,5,8,11H2,(H,18,21)(H,19,20);3-4,6-7,9-10,12H,1-2,5,8,11H2,(H,18,21)(H,19,20);1-7H;2-6,8H2,1H3;1H4;;2H,1H2;1H2/q;;;;;;+1;;/p-1. The largest absolute Gasteiger partial charge is 1.00 e. The van der Waals surface area contributed by atoms with Crippen molar-refractivity contribution in [1.29, 1.82) is 0 Å². The second kappa shape index (κ2) is 51.0. The summed E-state index contributed by atoms with van der Waals surface area (Å²) in [5.74, 6) is 1.82. The maximum Gasteiger partial charge on any atom is 1.00 e. The zero-order valence-electron chi connectivity index (χ0n) is 52.7. The monoisotopic (exact) mass is 1290 g/mol. The second-order valence-electron chi connectivity index (χ2n) is 20.4. The van der Waals surface area contributed by atoms with Gasteiger partial charge in [-0.2, -0.15) is 0 Å². The van der Waals surface area contributed by atoms with Gasteiger partial charge in [-0.1, -0.05) is 154 Å². The maximum absolute atomic E-state index is 12.1. The topological polar surface area (TPSA) is 346 Å². The Morgan fingerprint density at radius 2 is 0.688 bits per heavy atom. The number of ether oxygens (including phenoxy) is 2. The van der Waals surface area contributed by atoms with Crippen LogP contribution in [0.4, 0.5) is 0 Å². The summed E-state index contributed by atoms with van der Waals surface area (Å²) in [6.45, 7) is 2.48. The molecular formula is C71H90ClLiN6O14. The number of benzene rings is 8. The SMILES string of the molecule is C.COC(=O)CCCCCN.COC(=O)CCCCCNC(=O)c1ccc2ccccc2c1.NO.O=C(CCCCCNC(=O)c1ccc2ccccc2c1)NO.O=C(Cl)c1ccc2ccccc2c1.O=C(O)CCCCCNC(=O)c1ccc2ccccc2c1.[Li+].[OH-]. The Morgan fingerprint density at radius 3 is 0.978 bits per heavy atom. The molecule has 4 amide bonds. The maximum atomic E-state index is 12.1. The molecular weight excluding hydrogens is 1200 g/mol. The van der Waals surface area contributed by atoms with Gasteiger partial charge in [0.2, 0.25) is 5.91 Å². The zero-order valence-corrected chi connectivity index (χ0v) is 53.5. The minimum atomic E-state index is -0.768. The molecule has 8 aromatic carbocycles. The number of carbonyl (C=O) groups is 8. The Bertz CT molecular complexity index is 3410. The first-order chi connectivity index (χ1) is 43.6. The van der Waals surface area contributed by atoms with Gasteiger partial charge in [0.15, 0.2) is 0 Å². The predicted molar refractivity (Wildman–Crippen MR) is 362 cm³/mol. The Hall–Kier alpha value is -8.55. The van der Waals surface area contributed by atoms with E-state index < -0.39 is 11.2 Å². The first-order valence-corrected chi connectivity index (χ1v) is 30.3. The van der Waals surface area contributed by atoms with E-state index in [0.29, 0.717) is 80.5 Å². The molecule has 0 unspecified atom stereocenters. The minimum absolute atomic E-state index is 0. The van der Waals surface area contributed by atoms with Crippen molar-refractivity contribution in [1.82, 2.24) is 21.4 Å². The average molecular weight is 1290 g/mol. The van der Waals surface area contributed by atoms with Gasteiger partial charge in [0.05, 0.1) is 14.2 Å². The van der Waals surface area contributed by atoms with Crippen molar-refractivity contribution in [3.8, 4) is 0 Å². The van der Waals surface area contributed by atoms with Crippen LogP contribution in [0.3, 0.4) is 0 Å². The van der Waals surface area contributed by atoms with Crippen LogP contribution < -0.4 is 51.9 Å². The third-order valence-electron chi connectivity index (χ3n) is 13.7. The molecule has 8 rings (SSSR count). The van der Waals surface area contributed by atoms with Crippen molar-refractivity contribution in [2.24, 2.45) is 11.6 Å². The fraction of sp³-hybridized carbons (Fsp3) is 0.324. The summed E-state index contributed by atoms with van der Waals surface area (Å²) in [7, 11) is 2.80. The van der Waals surface area contributed by atoms with Crippen LogP contribution in [0.5, 0.6) is 0 Å². The van der Waals surface area contributed by atoms with E-state index >= 15 is 0 Å². The molecule has 0 saturated heterocycles. The molecule has 0 spiro atoms. The van der Waals surface area contributed by atoms with Gasteiger partial charge in [0.1, 0.15) is 0 Å². The van der Waals surface area contributed by atoms with Crippen LogP contribution in [0.1, 0.15) is 152 Å². The minimum Gasteiger partial charge on any atom is -0.870 e. The number of methoxy groups -OCH3 is 2. The van der Waals surface area contributed by atoms with E-state index in [1.54, 1.807) is 17.6 Å². The first-order valence-electron chi connectivity index (χ1n) is 29.9.